The predicted molar refractivity (Wildman–Crippen MR) is 145 cm³/mol. The minimum Gasteiger partial charge on any atom is -0.490 e. The van der Waals surface area contributed by atoms with Crippen LogP contribution in [0.15, 0.2) is 30.6 Å². The van der Waals surface area contributed by atoms with E-state index in [1.54, 1.807) is 6.33 Å². The molecule has 204 valence electrons. The lowest BCUT2D eigenvalue weighted by Gasteiger charge is -2.40. The minimum atomic E-state index is -0.827. The van der Waals surface area contributed by atoms with Crippen molar-refractivity contribution in [3.05, 3.63) is 36.2 Å². The third-order valence-electron chi connectivity index (χ3n) is 6.84. The molecule has 2 aliphatic heterocycles. The summed E-state index contributed by atoms with van der Waals surface area (Å²) in [6.45, 7) is 10.1. The largest absolute Gasteiger partial charge is 0.490 e. The molecule has 1 unspecified atom stereocenters. The van der Waals surface area contributed by atoms with Crippen LogP contribution >= 0.6 is 0 Å². The van der Waals surface area contributed by atoms with Crippen molar-refractivity contribution in [3.63, 3.8) is 0 Å². The number of aliphatic hydroxyl groups is 1. The monoisotopic (exact) mass is 514 g/mol. The van der Waals surface area contributed by atoms with Crippen molar-refractivity contribution in [2.45, 2.75) is 31.9 Å². The molecular formula is C27H42N6O4. The number of piperidine rings is 1. The molecule has 2 fully saturated rings. The van der Waals surface area contributed by atoms with Crippen LogP contribution in [0.5, 0.6) is 11.5 Å². The van der Waals surface area contributed by atoms with Gasteiger partial charge >= 0.3 is 0 Å². The molecule has 0 amide bonds. The topological polar surface area (TPSA) is 95.5 Å². The Morgan fingerprint density at radius 2 is 1.95 bits per heavy atom. The zero-order valence-electron chi connectivity index (χ0n) is 22.5. The molecule has 10 heteroatoms. The van der Waals surface area contributed by atoms with E-state index in [-0.39, 0.29) is 0 Å². The molecule has 1 aromatic heterocycles. The van der Waals surface area contributed by atoms with E-state index in [9.17, 15) is 5.11 Å². The number of rotatable bonds is 12. The van der Waals surface area contributed by atoms with Crippen molar-refractivity contribution in [2.24, 2.45) is 0 Å². The van der Waals surface area contributed by atoms with Gasteiger partial charge in [-0.3, -0.25) is 4.90 Å². The molecule has 10 nitrogen and oxygen atoms in total. The average molecular weight is 515 g/mol. The van der Waals surface area contributed by atoms with Crippen LogP contribution in [0, 0.1) is 0 Å². The highest BCUT2D eigenvalue weighted by molar-refractivity contribution is 5.50. The van der Waals surface area contributed by atoms with E-state index in [1.807, 2.05) is 44.1 Å². The van der Waals surface area contributed by atoms with Crippen molar-refractivity contribution in [1.82, 2.24) is 20.2 Å². The summed E-state index contributed by atoms with van der Waals surface area (Å²) in [6.07, 6.45) is 3.25. The van der Waals surface area contributed by atoms with Crippen molar-refractivity contribution in [1.29, 1.82) is 0 Å². The summed E-state index contributed by atoms with van der Waals surface area (Å²) in [6, 6.07) is 8.04. The van der Waals surface area contributed by atoms with E-state index in [2.05, 4.69) is 31.2 Å². The van der Waals surface area contributed by atoms with Gasteiger partial charge in [-0.05, 0) is 37.5 Å². The summed E-state index contributed by atoms with van der Waals surface area (Å²) < 4.78 is 17.3. The maximum absolute atomic E-state index is 11.3. The fraction of sp³-hybridized carbons (Fsp3) is 0.630. The quantitative estimate of drug-likeness (QED) is 0.436. The van der Waals surface area contributed by atoms with Gasteiger partial charge in [-0.15, -0.1) is 0 Å². The van der Waals surface area contributed by atoms with Crippen LogP contribution in [0.25, 0.3) is 0 Å². The van der Waals surface area contributed by atoms with Crippen LogP contribution in [0.4, 0.5) is 11.6 Å². The van der Waals surface area contributed by atoms with Crippen molar-refractivity contribution < 1.29 is 19.3 Å². The molecule has 0 bridgehead atoms. The Hall–Kier alpha value is -2.66. The van der Waals surface area contributed by atoms with Crippen LogP contribution in [0.2, 0.25) is 0 Å². The van der Waals surface area contributed by atoms with E-state index in [0.29, 0.717) is 32.8 Å². The van der Waals surface area contributed by atoms with Gasteiger partial charge in [0.2, 0.25) is 0 Å². The fourth-order valence-corrected chi connectivity index (χ4v) is 4.81. The molecule has 37 heavy (non-hydrogen) atoms. The standard InChI is InChI=1S/C27H42N6O4/c1-4-36-24-16-22(6-7-23(24)37-15-12-32-10-13-35-14-11-32)18-28-19-27(34)8-5-9-33(20-27)26-17-25(31(2)3)29-21-30-26/h6-7,16-17,21,28,34H,4-5,8-15,18-20H2,1-3H3. The Morgan fingerprint density at radius 1 is 1.11 bits per heavy atom. The number of β-amino-alcohol motifs (C(OH)–C–C–N with tert-alkyl or cyclic N) is 1. The Morgan fingerprint density at radius 3 is 2.73 bits per heavy atom. The third kappa shape index (κ3) is 7.91. The highest BCUT2D eigenvalue weighted by atomic mass is 16.5. The van der Waals surface area contributed by atoms with Crippen LogP contribution < -0.4 is 24.6 Å². The second-order valence-electron chi connectivity index (χ2n) is 10.00. The number of anilines is 2. The minimum absolute atomic E-state index is 0.497. The molecule has 2 aromatic rings. The SMILES string of the molecule is CCOc1cc(CNCC2(O)CCCN(c3cc(N(C)C)ncn3)C2)ccc1OCCN1CCOCC1. The van der Waals surface area contributed by atoms with Gasteiger partial charge in [-0.2, -0.15) is 0 Å². The molecule has 1 atom stereocenters. The first-order valence-electron chi connectivity index (χ1n) is 13.3. The highest BCUT2D eigenvalue weighted by Crippen LogP contribution is 2.29. The lowest BCUT2D eigenvalue weighted by atomic mass is 9.92. The van der Waals surface area contributed by atoms with Gasteiger partial charge in [0, 0.05) is 66.0 Å². The predicted octanol–water partition coefficient (Wildman–Crippen LogP) is 1.77. The van der Waals surface area contributed by atoms with Gasteiger partial charge in [0.25, 0.3) is 0 Å². The first-order chi connectivity index (χ1) is 18.0. The van der Waals surface area contributed by atoms with E-state index in [1.165, 1.54) is 0 Å². The van der Waals surface area contributed by atoms with Gasteiger partial charge in [0.05, 0.1) is 25.4 Å². The average Bonchev–Trinajstić information content (AvgIpc) is 2.90. The van der Waals surface area contributed by atoms with Crippen LogP contribution in [0.1, 0.15) is 25.3 Å². The Labute approximate surface area is 220 Å². The second kappa shape index (κ2) is 13.2. The molecule has 0 spiro atoms. The molecule has 2 N–H and O–H groups in total. The molecule has 0 radical (unpaired) electrons. The molecule has 1 aromatic carbocycles. The van der Waals surface area contributed by atoms with Crippen LogP contribution in [0.3, 0.4) is 0 Å². The van der Waals surface area contributed by atoms with E-state index in [0.717, 1.165) is 80.9 Å². The number of benzene rings is 1. The Bertz CT molecular complexity index is 987. The summed E-state index contributed by atoms with van der Waals surface area (Å²) >= 11 is 0. The Balaban J connectivity index is 1.29. The molecule has 0 aliphatic carbocycles. The van der Waals surface area contributed by atoms with Crippen molar-refractivity contribution in [2.75, 3.05) is 89.6 Å². The number of hydrogen-bond acceptors (Lipinski definition) is 10. The first kappa shape index (κ1) is 27.4. The zero-order valence-corrected chi connectivity index (χ0v) is 22.5. The lowest BCUT2D eigenvalue weighted by molar-refractivity contribution is 0.0258. The molecule has 2 aliphatic rings. The number of nitrogens with one attached hydrogen (secondary N) is 1. The van der Waals surface area contributed by atoms with Gasteiger partial charge in [-0.1, -0.05) is 6.07 Å². The Kier molecular flexibility index (Phi) is 9.79. The highest BCUT2D eigenvalue weighted by Gasteiger charge is 2.33. The molecule has 4 rings (SSSR count). The summed E-state index contributed by atoms with van der Waals surface area (Å²) in [5, 5.41) is 14.8. The smallest absolute Gasteiger partial charge is 0.161 e. The van der Waals surface area contributed by atoms with Gasteiger partial charge in [0.1, 0.15) is 24.6 Å². The lowest BCUT2D eigenvalue weighted by Crippen LogP contribution is -2.53. The first-order valence-corrected chi connectivity index (χ1v) is 13.3. The van der Waals surface area contributed by atoms with Crippen LogP contribution in [-0.4, -0.2) is 105 Å². The van der Waals surface area contributed by atoms with E-state index >= 15 is 0 Å². The van der Waals surface area contributed by atoms with Gasteiger partial charge < -0.3 is 34.4 Å². The molecule has 3 heterocycles. The summed E-state index contributed by atoms with van der Waals surface area (Å²) in [4.78, 5) is 15.2. The maximum Gasteiger partial charge on any atom is 0.161 e. The van der Waals surface area contributed by atoms with Crippen molar-refractivity contribution in [3.8, 4) is 11.5 Å². The number of ether oxygens (including phenoxy) is 3. The number of morpholine rings is 1. The number of aromatic nitrogens is 2. The number of nitrogens with zero attached hydrogens (tertiary/aromatic N) is 5. The fourth-order valence-electron chi connectivity index (χ4n) is 4.81. The molecule has 0 saturated carbocycles. The summed E-state index contributed by atoms with van der Waals surface area (Å²) in [5.41, 5.74) is 0.263. The van der Waals surface area contributed by atoms with Crippen LogP contribution in [-0.2, 0) is 11.3 Å². The van der Waals surface area contributed by atoms with E-state index < -0.39 is 5.60 Å². The van der Waals surface area contributed by atoms with Gasteiger partial charge in [-0.25, -0.2) is 9.97 Å². The second-order valence-corrected chi connectivity index (χ2v) is 10.00. The zero-order chi connectivity index (χ0) is 26.1. The summed E-state index contributed by atoms with van der Waals surface area (Å²) in [7, 11) is 3.92. The normalized spacial score (nSPS) is 20.6. The van der Waals surface area contributed by atoms with Crippen molar-refractivity contribution >= 4 is 11.6 Å². The maximum atomic E-state index is 11.3. The molecule has 2 saturated heterocycles. The molecular weight excluding hydrogens is 472 g/mol. The number of hydrogen-bond donors (Lipinski definition) is 2. The third-order valence-corrected chi connectivity index (χ3v) is 6.84. The summed E-state index contributed by atoms with van der Waals surface area (Å²) in [5.74, 6) is 3.23. The van der Waals surface area contributed by atoms with E-state index in [4.69, 9.17) is 14.2 Å². The van der Waals surface area contributed by atoms with Gasteiger partial charge in [0.15, 0.2) is 11.5 Å².